The lowest BCUT2D eigenvalue weighted by atomic mass is 9.70. The third-order valence-electron chi connectivity index (χ3n) is 6.40. The number of hydrogen-bond donors (Lipinski definition) is 0. The molecule has 6 nitrogen and oxygen atoms in total. The second kappa shape index (κ2) is 7.40. The third kappa shape index (κ3) is 3.34. The summed E-state index contributed by atoms with van der Waals surface area (Å²) in [6.45, 7) is 2.86. The average molecular weight is 449 g/mol. The van der Waals surface area contributed by atoms with Crippen molar-refractivity contribution in [2.75, 3.05) is 13.1 Å². The summed E-state index contributed by atoms with van der Waals surface area (Å²) in [4.78, 5) is 0.202. The van der Waals surface area contributed by atoms with Crippen LogP contribution in [0, 0.1) is 22.6 Å². The monoisotopic (exact) mass is 448 g/mol. The number of nitriles is 1. The third-order valence-corrected chi connectivity index (χ3v) is 8.26. The predicted octanol–water partition coefficient (Wildman–Crippen LogP) is 3.92. The van der Waals surface area contributed by atoms with E-state index < -0.39 is 10.0 Å². The van der Waals surface area contributed by atoms with Gasteiger partial charge in [-0.25, -0.2) is 17.5 Å². The summed E-state index contributed by atoms with van der Waals surface area (Å²) >= 11 is 0. The van der Waals surface area contributed by atoms with Gasteiger partial charge in [0, 0.05) is 18.5 Å². The summed E-state index contributed by atoms with van der Waals surface area (Å²) in [5, 5.41) is 13.5. The average Bonchev–Trinajstić information content (AvgIpc) is 3.19. The van der Waals surface area contributed by atoms with Crippen LogP contribution in [-0.2, 0) is 16.4 Å². The first-order valence-corrected chi connectivity index (χ1v) is 11.8. The van der Waals surface area contributed by atoms with E-state index in [1.165, 1.54) is 42.0 Å². The van der Waals surface area contributed by atoms with E-state index in [4.69, 9.17) is 5.26 Å². The fourth-order valence-corrected chi connectivity index (χ4v) is 6.21. The Balaban J connectivity index is 1.44. The van der Waals surface area contributed by atoms with E-state index >= 15 is 0 Å². The van der Waals surface area contributed by atoms with Gasteiger partial charge in [0.25, 0.3) is 0 Å². The maximum atomic E-state index is 13.3. The van der Waals surface area contributed by atoms with Crippen molar-refractivity contribution in [2.45, 2.75) is 24.7 Å². The lowest BCUT2D eigenvalue weighted by Crippen LogP contribution is -2.47. The Morgan fingerprint density at radius 1 is 1.12 bits per heavy atom. The van der Waals surface area contributed by atoms with Crippen molar-refractivity contribution >= 4 is 16.1 Å². The van der Waals surface area contributed by atoms with Crippen molar-refractivity contribution in [3.8, 4) is 11.8 Å². The summed E-state index contributed by atoms with van der Waals surface area (Å²) in [7, 11) is -3.65. The van der Waals surface area contributed by atoms with Gasteiger partial charge in [0.2, 0.25) is 10.0 Å². The van der Waals surface area contributed by atoms with Gasteiger partial charge in [0.05, 0.1) is 34.1 Å². The highest BCUT2D eigenvalue weighted by molar-refractivity contribution is 7.89. The molecule has 162 valence electrons. The van der Waals surface area contributed by atoms with E-state index in [0.29, 0.717) is 31.5 Å². The van der Waals surface area contributed by atoms with E-state index in [1.54, 1.807) is 21.1 Å². The Morgan fingerprint density at radius 3 is 2.53 bits per heavy atom. The standard InChI is InChI=1S/C24H21FN4O2S/c1-24-13-18-15-27-29(21-6-4-20(25)5-7-21)23(18)12-19(24)10-11-28(16-24)32(30,31)22-8-2-17(14-26)3-9-22/h2-9,12,15H,10-11,13,16H2,1H3/t24-/m1/s1. The quantitative estimate of drug-likeness (QED) is 0.608. The zero-order valence-corrected chi connectivity index (χ0v) is 18.3. The number of hydrogen-bond acceptors (Lipinski definition) is 4. The second-order valence-electron chi connectivity index (χ2n) is 8.58. The smallest absolute Gasteiger partial charge is 0.233 e. The number of piperidine rings is 1. The molecular weight excluding hydrogens is 427 g/mol. The Morgan fingerprint density at radius 2 is 1.84 bits per heavy atom. The minimum Gasteiger partial charge on any atom is -0.233 e. The van der Waals surface area contributed by atoms with Crippen LogP contribution in [0.15, 0.2) is 65.2 Å². The molecule has 2 aromatic carbocycles. The SMILES string of the molecule is C[C@]12Cc3cnn(-c4ccc(F)cc4)c3C=C1CCN(S(=O)(=O)c1ccc(C#N)cc1)C2. The lowest BCUT2D eigenvalue weighted by molar-refractivity contribution is 0.231. The number of aromatic nitrogens is 2. The van der Waals surface area contributed by atoms with Crippen LogP contribution >= 0.6 is 0 Å². The van der Waals surface area contributed by atoms with Gasteiger partial charge in [-0.2, -0.15) is 14.7 Å². The first-order valence-electron chi connectivity index (χ1n) is 10.3. The Labute approximate surface area is 186 Å². The summed E-state index contributed by atoms with van der Waals surface area (Å²) in [5.74, 6) is -0.295. The molecule has 1 aromatic heterocycles. The Kier molecular flexibility index (Phi) is 4.77. The van der Waals surface area contributed by atoms with E-state index in [2.05, 4.69) is 18.1 Å². The zero-order valence-electron chi connectivity index (χ0n) is 17.5. The van der Waals surface area contributed by atoms with Gasteiger partial charge >= 0.3 is 0 Å². The van der Waals surface area contributed by atoms with Crippen molar-refractivity contribution in [3.63, 3.8) is 0 Å². The molecular formula is C24H21FN4O2S. The van der Waals surface area contributed by atoms with Crippen molar-refractivity contribution in [3.05, 3.63) is 82.9 Å². The van der Waals surface area contributed by atoms with E-state index in [0.717, 1.165) is 16.9 Å². The molecule has 5 rings (SSSR count). The second-order valence-corrected chi connectivity index (χ2v) is 10.5. The molecule has 32 heavy (non-hydrogen) atoms. The van der Waals surface area contributed by atoms with E-state index in [1.807, 2.05) is 12.3 Å². The number of sulfonamides is 1. The lowest BCUT2D eigenvalue weighted by Gasteiger charge is -2.43. The highest BCUT2D eigenvalue weighted by Gasteiger charge is 2.42. The number of rotatable bonds is 3. The van der Waals surface area contributed by atoms with Gasteiger partial charge in [-0.3, -0.25) is 0 Å². The number of nitrogens with zero attached hydrogens (tertiary/aromatic N) is 4. The molecule has 3 aromatic rings. The molecule has 0 N–H and O–H groups in total. The summed E-state index contributed by atoms with van der Waals surface area (Å²) < 4.78 is 43.2. The maximum absolute atomic E-state index is 13.3. The van der Waals surface area contributed by atoms with Crippen LogP contribution in [0.5, 0.6) is 0 Å². The summed E-state index contributed by atoms with van der Waals surface area (Å²) in [6.07, 6.45) is 5.22. The first kappa shape index (κ1) is 20.6. The van der Waals surface area contributed by atoms with E-state index in [9.17, 15) is 12.8 Å². The fraction of sp³-hybridized carbons (Fsp3) is 0.250. The number of halogens is 1. The largest absolute Gasteiger partial charge is 0.243 e. The molecule has 1 fully saturated rings. The molecule has 1 saturated heterocycles. The number of fused-ring (bicyclic) bond motifs is 2. The molecule has 1 aliphatic carbocycles. The van der Waals surface area contributed by atoms with Crippen LogP contribution in [0.25, 0.3) is 11.8 Å². The first-order chi connectivity index (χ1) is 15.3. The van der Waals surface area contributed by atoms with Crippen molar-refractivity contribution in [2.24, 2.45) is 5.41 Å². The van der Waals surface area contributed by atoms with Crippen LogP contribution in [0.2, 0.25) is 0 Å². The zero-order chi connectivity index (χ0) is 22.5. The molecule has 0 saturated carbocycles. The van der Waals surface area contributed by atoms with Crippen LogP contribution < -0.4 is 0 Å². The maximum Gasteiger partial charge on any atom is 0.243 e. The van der Waals surface area contributed by atoms with Crippen LogP contribution in [0.4, 0.5) is 4.39 Å². The van der Waals surface area contributed by atoms with Crippen molar-refractivity contribution in [1.29, 1.82) is 5.26 Å². The van der Waals surface area contributed by atoms with Crippen LogP contribution in [0.3, 0.4) is 0 Å². The highest BCUT2D eigenvalue weighted by Crippen LogP contribution is 2.44. The molecule has 1 atom stereocenters. The topological polar surface area (TPSA) is 79.0 Å². The molecule has 2 heterocycles. The predicted molar refractivity (Wildman–Crippen MR) is 118 cm³/mol. The van der Waals surface area contributed by atoms with Gasteiger partial charge < -0.3 is 0 Å². The Hall–Kier alpha value is -3.28. The fourth-order valence-electron chi connectivity index (χ4n) is 4.64. The minimum atomic E-state index is -3.65. The number of benzene rings is 2. The molecule has 0 spiro atoms. The van der Waals surface area contributed by atoms with Crippen LogP contribution in [-0.4, -0.2) is 35.6 Å². The normalized spacial score (nSPS) is 20.7. The van der Waals surface area contributed by atoms with Crippen LogP contribution in [0.1, 0.15) is 30.2 Å². The molecule has 0 amide bonds. The van der Waals surface area contributed by atoms with E-state index in [-0.39, 0.29) is 16.1 Å². The van der Waals surface area contributed by atoms with Gasteiger partial charge in [0.1, 0.15) is 5.82 Å². The van der Waals surface area contributed by atoms with Gasteiger partial charge in [-0.15, -0.1) is 0 Å². The summed E-state index contributed by atoms with van der Waals surface area (Å²) in [6, 6.07) is 14.3. The molecule has 0 radical (unpaired) electrons. The van der Waals surface area contributed by atoms with Crippen molar-refractivity contribution < 1.29 is 12.8 Å². The molecule has 8 heteroatoms. The minimum absolute atomic E-state index is 0.202. The van der Waals surface area contributed by atoms with Gasteiger partial charge in [-0.05, 0) is 73.0 Å². The molecule has 1 aliphatic heterocycles. The van der Waals surface area contributed by atoms with Gasteiger partial charge in [-0.1, -0.05) is 12.5 Å². The molecule has 0 bridgehead atoms. The highest BCUT2D eigenvalue weighted by atomic mass is 32.2. The van der Waals surface area contributed by atoms with Gasteiger partial charge in [0.15, 0.2) is 0 Å². The molecule has 0 unspecified atom stereocenters. The Bertz CT molecular complexity index is 1370. The molecule has 2 aliphatic rings. The van der Waals surface area contributed by atoms with Crippen molar-refractivity contribution in [1.82, 2.24) is 14.1 Å². The summed E-state index contributed by atoms with van der Waals surface area (Å²) in [5.41, 5.74) is 4.08.